The summed E-state index contributed by atoms with van der Waals surface area (Å²) in [6, 6.07) is 16.6. The Hall–Kier alpha value is -3.28. The van der Waals surface area contributed by atoms with Gasteiger partial charge in [0.1, 0.15) is 5.82 Å². The van der Waals surface area contributed by atoms with Gasteiger partial charge in [-0.15, -0.1) is 10.2 Å². The summed E-state index contributed by atoms with van der Waals surface area (Å²) in [7, 11) is 0. The monoisotopic (exact) mass is 385 g/mol. The third kappa shape index (κ3) is 3.35. The molecule has 0 amide bonds. The van der Waals surface area contributed by atoms with E-state index in [-0.39, 0.29) is 0 Å². The average Bonchev–Trinajstić information content (AvgIpc) is 3.24. The molecule has 6 nitrogen and oxygen atoms in total. The Bertz CT molecular complexity index is 1170. The molecule has 5 rings (SSSR count). The van der Waals surface area contributed by atoms with Crippen molar-refractivity contribution in [2.75, 3.05) is 11.4 Å². The molecule has 0 radical (unpaired) electrons. The van der Waals surface area contributed by atoms with Crippen molar-refractivity contribution in [1.29, 1.82) is 0 Å². The maximum absolute atomic E-state index is 5.96. The van der Waals surface area contributed by atoms with Crippen molar-refractivity contribution in [2.45, 2.75) is 39.2 Å². The van der Waals surface area contributed by atoms with E-state index >= 15 is 0 Å². The van der Waals surface area contributed by atoms with Crippen LogP contribution in [-0.2, 0) is 0 Å². The summed E-state index contributed by atoms with van der Waals surface area (Å²) in [4.78, 5) is 12.0. The van der Waals surface area contributed by atoms with Gasteiger partial charge >= 0.3 is 0 Å². The topological polar surface area (TPSA) is 67.9 Å². The predicted octanol–water partition coefficient (Wildman–Crippen LogP) is 5.03. The fraction of sp³-hybridized carbons (Fsp3) is 0.304. The Labute approximate surface area is 169 Å². The zero-order valence-corrected chi connectivity index (χ0v) is 16.7. The van der Waals surface area contributed by atoms with Crippen LogP contribution in [-0.4, -0.2) is 32.8 Å². The summed E-state index contributed by atoms with van der Waals surface area (Å²) in [6.07, 6.45) is 3.61. The van der Waals surface area contributed by atoms with E-state index in [1.807, 2.05) is 49.4 Å². The number of aryl methyl sites for hydroxylation is 1. The number of aromatic nitrogens is 4. The zero-order valence-electron chi connectivity index (χ0n) is 16.7. The normalized spacial score (nSPS) is 17.0. The fourth-order valence-corrected chi connectivity index (χ4v) is 4.00. The first kappa shape index (κ1) is 17.8. The Morgan fingerprint density at radius 2 is 1.83 bits per heavy atom. The van der Waals surface area contributed by atoms with Crippen molar-refractivity contribution >= 4 is 16.7 Å². The molecule has 1 saturated heterocycles. The lowest BCUT2D eigenvalue weighted by Gasteiger charge is -2.35. The molecule has 1 fully saturated rings. The van der Waals surface area contributed by atoms with Crippen LogP contribution in [0.1, 0.15) is 31.7 Å². The third-order valence-corrected chi connectivity index (χ3v) is 5.54. The second-order valence-corrected chi connectivity index (χ2v) is 7.71. The SMILES string of the molecule is Cc1cccc(-c2nnc(-c3nc(N4CCCCC4C)c4ccccc4n3)o2)c1. The van der Waals surface area contributed by atoms with Crippen LogP contribution in [0.25, 0.3) is 34.1 Å². The maximum Gasteiger partial charge on any atom is 0.286 e. The van der Waals surface area contributed by atoms with Gasteiger partial charge in [-0.2, -0.15) is 0 Å². The van der Waals surface area contributed by atoms with E-state index in [2.05, 4.69) is 28.1 Å². The van der Waals surface area contributed by atoms with Gasteiger partial charge in [0.15, 0.2) is 0 Å². The van der Waals surface area contributed by atoms with E-state index in [0.717, 1.165) is 34.4 Å². The van der Waals surface area contributed by atoms with E-state index in [4.69, 9.17) is 14.4 Å². The van der Waals surface area contributed by atoms with Gasteiger partial charge in [-0.1, -0.05) is 29.8 Å². The van der Waals surface area contributed by atoms with Crippen molar-refractivity contribution < 1.29 is 4.42 Å². The summed E-state index contributed by atoms with van der Waals surface area (Å²) in [5, 5.41) is 9.53. The molecule has 29 heavy (non-hydrogen) atoms. The van der Waals surface area contributed by atoms with Gasteiger partial charge in [-0.3, -0.25) is 0 Å². The first-order chi connectivity index (χ1) is 14.2. The first-order valence-electron chi connectivity index (χ1n) is 10.1. The van der Waals surface area contributed by atoms with Crippen molar-refractivity contribution in [3.05, 3.63) is 54.1 Å². The molecular formula is C23H23N5O. The Balaban J connectivity index is 1.61. The predicted molar refractivity (Wildman–Crippen MR) is 114 cm³/mol. The summed E-state index contributed by atoms with van der Waals surface area (Å²) in [5.41, 5.74) is 2.93. The van der Waals surface area contributed by atoms with Crippen LogP contribution in [0, 0.1) is 6.92 Å². The largest absolute Gasteiger partial charge is 0.413 e. The molecule has 1 atom stereocenters. The van der Waals surface area contributed by atoms with Gasteiger partial charge in [0.25, 0.3) is 5.89 Å². The van der Waals surface area contributed by atoms with E-state index in [1.165, 1.54) is 19.3 Å². The number of rotatable bonds is 3. The number of benzene rings is 2. The van der Waals surface area contributed by atoms with E-state index < -0.39 is 0 Å². The van der Waals surface area contributed by atoms with Crippen LogP contribution < -0.4 is 4.90 Å². The molecule has 146 valence electrons. The molecule has 2 aromatic carbocycles. The van der Waals surface area contributed by atoms with Gasteiger partial charge in [-0.25, -0.2) is 9.97 Å². The number of nitrogens with zero attached hydrogens (tertiary/aromatic N) is 5. The molecule has 0 saturated carbocycles. The Kier molecular flexibility index (Phi) is 4.46. The number of piperidine rings is 1. The minimum Gasteiger partial charge on any atom is -0.413 e. The minimum absolute atomic E-state index is 0.346. The Morgan fingerprint density at radius 3 is 2.69 bits per heavy atom. The lowest BCUT2D eigenvalue weighted by atomic mass is 10.0. The molecule has 0 N–H and O–H groups in total. The zero-order chi connectivity index (χ0) is 19.8. The van der Waals surface area contributed by atoms with Crippen molar-refractivity contribution in [3.63, 3.8) is 0 Å². The number of hydrogen-bond donors (Lipinski definition) is 0. The van der Waals surface area contributed by atoms with Gasteiger partial charge < -0.3 is 9.32 Å². The number of para-hydroxylation sites is 1. The molecule has 4 aromatic rings. The van der Waals surface area contributed by atoms with Crippen molar-refractivity contribution in [3.8, 4) is 23.2 Å². The number of anilines is 1. The molecule has 3 heterocycles. The molecule has 0 aliphatic carbocycles. The molecule has 1 aliphatic rings. The first-order valence-corrected chi connectivity index (χ1v) is 10.1. The molecular weight excluding hydrogens is 362 g/mol. The van der Waals surface area contributed by atoms with Gasteiger partial charge in [0, 0.05) is 23.5 Å². The molecule has 1 aliphatic heterocycles. The maximum atomic E-state index is 5.96. The van der Waals surface area contributed by atoms with Crippen molar-refractivity contribution in [2.24, 2.45) is 0 Å². The number of hydrogen-bond acceptors (Lipinski definition) is 6. The standard InChI is InChI=1S/C23H23N5O/c1-15-8-7-10-17(14-15)22-26-27-23(29-22)20-24-19-12-4-3-11-18(19)21(25-20)28-13-6-5-9-16(28)2/h3-4,7-8,10-12,14,16H,5-6,9,13H2,1-2H3. The van der Waals surface area contributed by atoms with E-state index in [0.29, 0.717) is 23.6 Å². The van der Waals surface area contributed by atoms with Gasteiger partial charge in [-0.05, 0) is 57.4 Å². The Morgan fingerprint density at radius 1 is 0.966 bits per heavy atom. The highest BCUT2D eigenvalue weighted by atomic mass is 16.4. The lowest BCUT2D eigenvalue weighted by Crippen LogP contribution is -2.38. The lowest BCUT2D eigenvalue weighted by molar-refractivity contribution is 0.482. The summed E-state index contributed by atoms with van der Waals surface area (Å²) >= 11 is 0. The number of fused-ring (bicyclic) bond motifs is 1. The van der Waals surface area contributed by atoms with Crippen LogP contribution in [0.2, 0.25) is 0 Å². The summed E-state index contributed by atoms with van der Waals surface area (Å²) < 4.78 is 5.96. The highest BCUT2D eigenvalue weighted by Gasteiger charge is 2.24. The van der Waals surface area contributed by atoms with Gasteiger partial charge in [0.2, 0.25) is 11.7 Å². The smallest absolute Gasteiger partial charge is 0.286 e. The summed E-state index contributed by atoms with van der Waals surface area (Å²) in [6.45, 7) is 5.30. The van der Waals surface area contributed by atoms with Crippen LogP contribution in [0.3, 0.4) is 0 Å². The van der Waals surface area contributed by atoms with Crippen LogP contribution in [0.5, 0.6) is 0 Å². The average molecular weight is 385 g/mol. The van der Waals surface area contributed by atoms with Crippen LogP contribution >= 0.6 is 0 Å². The van der Waals surface area contributed by atoms with E-state index in [9.17, 15) is 0 Å². The molecule has 6 heteroatoms. The highest BCUT2D eigenvalue weighted by Crippen LogP contribution is 2.32. The molecule has 2 aromatic heterocycles. The summed E-state index contributed by atoms with van der Waals surface area (Å²) in [5.74, 6) is 2.25. The molecule has 0 spiro atoms. The molecule has 1 unspecified atom stereocenters. The second-order valence-electron chi connectivity index (χ2n) is 7.71. The second kappa shape index (κ2) is 7.28. The highest BCUT2D eigenvalue weighted by molar-refractivity contribution is 5.90. The van der Waals surface area contributed by atoms with Crippen LogP contribution in [0.4, 0.5) is 5.82 Å². The minimum atomic E-state index is 0.346. The van der Waals surface area contributed by atoms with E-state index in [1.54, 1.807) is 0 Å². The third-order valence-electron chi connectivity index (χ3n) is 5.54. The van der Waals surface area contributed by atoms with Crippen molar-refractivity contribution in [1.82, 2.24) is 20.2 Å². The fourth-order valence-electron chi connectivity index (χ4n) is 4.00. The quantitative estimate of drug-likeness (QED) is 0.492. The molecule has 0 bridgehead atoms. The van der Waals surface area contributed by atoms with Gasteiger partial charge in [0.05, 0.1) is 5.52 Å². The van der Waals surface area contributed by atoms with Crippen LogP contribution in [0.15, 0.2) is 52.9 Å².